The second kappa shape index (κ2) is 6.59. The monoisotopic (exact) mass is 351 g/mol. The molecule has 4 rings (SSSR count). The molecule has 0 spiro atoms. The number of carbonyl (C=O) groups is 1. The van der Waals surface area contributed by atoms with Crippen LogP contribution < -0.4 is 0 Å². The molecular formula is C20H25N5O. The van der Waals surface area contributed by atoms with Crippen molar-refractivity contribution >= 4 is 16.9 Å². The lowest BCUT2D eigenvalue weighted by atomic mass is 9.97. The second-order valence-corrected chi connectivity index (χ2v) is 7.36. The number of aromatic amines is 1. The van der Waals surface area contributed by atoms with Gasteiger partial charge in [0.2, 0.25) is 5.91 Å². The third kappa shape index (κ3) is 3.11. The Morgan fingerprint density at radius 2 is 2.15 bits per heavy atom. The fourth-order valence-electron chi connectivity index (χ4n) is 3.88. The average Bonchev–Trinajstić information content (AvgIpc) is 3.19. The van der Waals surface area contributed by atoms with Crippen molar-refractivity contribution in [3.05, 3.63) is 47.0 Å². The molecule has 0 aliphatic carbocycles. The third-order valence-electron chi connectivity index (χ3n) is 5.28. The quantitative estimate of drug-likeness (QED) is 0.788. The summed E-state index contributed by atoms with van der Waals surface area (Å²) in [6.07, 6.45) is 2.06. The molecule has 1 aliphatic heterocycles. The topological polar surface area (TPSA) is 66.8 Å². The number of aromatic nitrogens is 4. The van der Waals surface area contributed by atoms with Crippen molar-refractivity contribution in [2.75, 3.05) is 13.1 Å². The number of hydrogen-bond donors (Lipinski definition) is 1. The Kier molecular flexibility index (Phi) is 4.26. The zero-order chi connectivity index (χ0) is 18.3. The SMILES string of the molecule is Cc1cc(C)n(CC(=O)N2CCCC(c3nc4c(C)cccc4[nH]3)C2)n1. The van der Waals surface area contributed by atoms with Crippen molar-refractivity contribution in [3.8, 4) is 0 Å². The summed E-state index contributed by atoms with van der Waals surface area (Å²) in [4.78, 5) is 23.0. The lowest BCUT2D eigenvalue weighted by Crippen LogP contribution is -2.41. The van der Waals surface area contributed by atoms with Crippen LogP contribution in [0.1, 0.15) is 41.5 Å². The number of fused-ring (bicyclic) bond motifs is 1. The van der Waals surface area contributed by atoms with Crippen molar-refractivity contribution in [1.82, 2.24) is 24.6 Å². The molecule has 1 unspecified atom stereocenters. The van der Waals surface area contributed by atoms with E-state index in [9.17, 15) is 4.79 Å². The van der Waals surface area contributed by atoms with Crippen LogP contribution in [0.4, 0.5) is 0 Å². The highest BCUT2D eigenvalue weighted by Crippen LogP contribution is 2.27. The Hall–Kier alpha value is -2.63. The van der Waals surface area contributed by atoms with Gasteiger partial charge in [0.1, 0.15) is 12.4 Å². The minimum atomic E-state index is 0.133. The van der Waals surface area contributed by atoms with Crippen molar-refractivity contribution in [2.45, 2.75) is 46.1 Å². The molecule has 0 bridgehead atoms. The molecule has 6 nitrogen and oxygen atoms in total. The number of nitrogens with zero attached hydrogens (tertiary/aromatic N) is 4. The number of nitrogens with one attached hydrogen (secondary N) is 1. The predicted molar refractivity (Wildman–Crippen MR) is 101 cm³/mol. The number of hydrogen-bond acceptors (Lipinski definition) is 3. The molecular weight excluding hydrogens is 326 g/mol. The maximum atomic E-state index is 12.8. The number of carbonyl (C=O) groups excluding carboxylic acids is 1. The van der Waals surface area contributed by atoms with Crippen molar-refractivity contribution < 1.29 is 4.79 Å². The average molecular weight is 351 g/mol. The fraction of sp³-hybridized carbons (Fsp3) is 0.450. The summed E-state index contributed by atoms with van der Waals surface area (Å²) in [6.45, 7) is 7.87. The molecule has 1 amide bonds. The normalized spacial score (nSPS) is 17.8. The maximum absolute atomic E-state index is 12.8. The minimum absolute atomic E-state index is 0.133. The molecule has 0 radical (unpaired) electrons. The number of amides is 1. The highest BCUT2D eigenvalue weighted by atomic mass is 16.2. The molecule has 1 aliphatic rings. The zero-order valence-corrected chi connectivity index (χ0v) is 15.6. The van der Waals surface area contributed by atoms with Gasteiger partial charge in [-0.1, -0.05) is 12.1 Å². The summed E-state index contributed by atoms with van der Waals surface area (Å²) in [5.74, 6) is 1.39. The lowest BCUT2D eigenvalue weighted by Gasteiger charge is -2.32. The highest BCUT2D eigenvalue weighted by Gasteiger charge is 2.27. The van der Waals surface area contributed by atoms with Gasteiger partial charge >= 0.3 is 0 Å². The van der Waals surface area contributed by atoms with Crippen LogP contribution in [-0.4, -0.2) is 43.6 Å². The summed E-state index contributed by atoms with van der Waals surface area (Å²) >= 11 is 0. The molecule has 1 aromatic carbocycles. The minimum Gasteiger partial charge on any atom is -0.342 e. The molecule has 0 saturated carbocycles. The van der Waals surface area contributed by atoms with E-state index in [0.717, 1.165) is 54.2 Å². The summed E-state index contributed by atoms with van der Waals surface area (Å²) < 4.78 is 1.80. The second-order valence-electron chi connectivity index (χ2n) is 7.36. The fourth-order valence-corrected chi connectivity index (χ4v) is 3.88. The Morgan fingerprint density at radius 1 is 1.31 bits per heavy atom. The van der Waals surface area contributed by atoms with Gasteiger partial charge < -0.3 is 9.88 Å². The van der Waals surface area contributed by atoms with E-state index >= 15 is 0 Å². The van der Waals surface area contributed by atoms with Gasteiger partial charge in [0.25, 0.3) is 0 Å². The van der Waals surface area contributed by atoms with Crippen LogP contribution >= 0.6 is 0 Å². The van der Waals surface area contributed by atoms with Gasteiger partial charge in [-0.05, 0) is 51.3 Å². The number of para-hydroxylation sites is 1. The van der Waals surface area contributed by atoms with Crippen molar-refractivity contribution in [3.63, 3.8) is 0 Å². The molecule has 3 heterocycles. The number of likely N-dealkylation sites (tertiary alicyclic amines) is 1. The Morgan fingerprint density at radius 3 is 2.88 bits per heavy atom. The molecule has 3 aromatic rings. The summed E-state index contributed by atoms with van der Waals surface area (Å²) in [7, 11) is 0. The Bertz CT molecular complexity index is 954. The smallest absolute Gasteiger partial charge is 0.244 e. The first-order valence-electron chi connectivity index (χ1n) is 9.25. The first-order chi connectivity index (χ1) is 12.5. The molecule has 6 heteroatoms. The van der Waals surface area contributed by atoms with Gasteiger partial charge in [0.05, 0.1) is 16.7 Å². The first kappa shape index (κ1) is 16.8. The molecule has 1 N–H and O–H groups in total. The van der Waals surface area contributed by atoms with E-state index in [1.54, 1.807) is 4.68 Å². The Labute approximate surface area is 153 Å². The highest BCUT2D eigenvalue weighted by molar-refractivity contribution is 5.79. The summed E-state index contributed by atoms with van der Waals surface area (Å²) in [5, 5.41) is 4.41. The molecule has 1 atom stereocenters. The van der Waals surface area contributed by atoms with Crippen LogP contribution in [0.3, 0.4) is 0 Å². The number of benzene rings is 1. The summed E-state index contributed by atoms with van der Waals surface area (Å²) in [5.41, 5.74) is 5.26. The zero-order valence-electron chi connectivity index (χ0n) is 15.6. The van der Waals surface area contributed by atoms with Gasteiger partial charge in [0.15, 0.2) is 0 Å². The van der Waals surface area contributed by atoms with E-state index in [1.165, 1.54) is 5.56 Å². The number of H-pyrrole nitrogens is 1. The number of imidazole rings is 1. The van der Waals surface area contributed by atoms with E-state index in [-0.39, 0.29) is 11.8 Å². The Balaban J connectivity index is 1.50. The molecule has 2 aromatic heterocycles. The molecule has 1 fully saturated rings. The van der Waals surface area contributed by atoms with E-state index in [1.807, 2.05) is 30.9 Å². The van der Waals surface area contributed by atoms with Crippen molar-refractivity contribution in [2.24, 2.45) is 0 Å². The van der Waals surface area contributed by atoms with E-state index in [2.05, 4.69) is 29.1 Å². The van der Waals surface area contributed by atoms with E-state index in [0.29, 0.717) is 6.54 Å². The van der Waals surface area contributed by atoms with E-state index < -0.39 is 0 Å². The van der Waals surface area contributed by atoms with Gasteiger partial charge in [-0.2, -0.15) is 5.10 Å². The summed E-state index contributed by atoms with van der Waals surface area (Å²) in [6, 6.07) is 8.19. The van der Waals surface area contributed by atoms with Gasteiger partial charge in [-0.25, -0.2) is 4.98 Å². The van der Waals surface area contributed by atoms with Gasteiger partial charge in [0, 0.05) is 24.7 Å². The molecule has 136 valence electrons. The predicted octanol–water partition coefficient (Wildman–Crippen LogP) is 3.09. The van der Waals surface area contributed by atoms with Gasteiger partial charge in [-0.15, -0.1) is 0 Å². The number of rotatable bonds is 3. The lowest BCUT2D eigenvalue weighted by molar-refractivity contribution is -0.133. The maximum Gasteiger partial charge on any atom is 0.244 e. The van der Waals surface area contributed by atoms with Crippen LogP contribution in [0, 0.1) is 20.8 Å². The number of piperidine rings is 1. The van der Waals surface area contributed by atoms with Crippen molar-refractivity contribution in [1.29, 1.82) is 0 Å². The largest absolute Gasteiger partial charge is 0.342 e. The van der Waals surface area contributed by atoms with Crippen LogP contribution in [0.2, 0.25) is 0 Å². The van der Waals surface area contributed by atoms with Crippen LogP contribution in [0.25, 0.3) is 11.0 Å². The van der Waals surface area contributed by atoms with Crippen LogP contribution in [0.15, 0.2) is 24.3 Å². The third-order valence-corrected chi connectivity index (χ3v) is 5.28. The van der Waals surface area contributed by atoms with E-state index in [4.69, 9.17) is 4.98 Å². The first-order valence-corrected chi connectivity index (χ1v) is 9.25. The molecule has 26 heavy (non-hydrogen) atoms. The van der Waals surface area contributed by atoms with Gasteiger partial charge in [-0.3, -0.25) is 9.48 Å². The number of aryl methyl sites for hydroxylation is 3. The van der Waals surface area contributed by atoms with Crippen LogP contribution in [-0.2, 0) is 11.3 Å². The molecule has 1 saturated heterocycles. The van der Waals surface area contributed by atoms with Crippen LogP contribution in [0.5, 0.6) is 0 Å². The standard InChI is InChI=1S/C20H25N5O/c1-13-6-4-8-17-19(13)22-20(21-17)16-7-5-9-24(11-16)18(26)12-25-15(3)10-14(2)23-25/h4,6,8,10,16H,5,7,9,11-12H2,1-3H3,(H,21,22).